The Labute approximate surface area is 186 Å². The van der Waals surface area contributed by atoms with E-state index in [9.17, 15) is 0 Å². The number of halogens is 1. The van der Waals surface area contributed by atoms with Crippen LogP contribution in [0.4, 0.5) is 0 Å². The van der Waals surface area contributed by atoms with E-state index in [2.05, 4.69) is 63.8 Å². The van der Waals surface area contributed by atoms with Crippen molar-refractivity contribution in [1.29, 1.82) is 0 Å². The lowest BCUT2D eigenvalue weighted by Crippen LogP contribution is -2.43. The van der Waals surface area contributed by atoms with Crippen molar-refractivity contribution < 1.29 is 9.47 Å². The van der Waals surface area contributed by atoms with Crippen molar-refractivity contribution in [2.75, 3.05) is 19.6 Å². The monoisotopic (exact) mass is 427 g/mol. The minimum absolute atomic E-state index is 0.248. The molecule has 0 saturated carbocycles. The number of fused-ring (bicyclic) bond motifs is 1. The normalized spacial score (nSPS) is 23.1. The standard InChI is InChI=1S/C26H34ClNO2/c1-17-18(2)25-23(19(3)24(17)29-16-20-10-7-6-8-11-20)22(26(4,5)30-25)15-28-13-9-12-21(27)14-28/h6-8,10-11,21-22H,9,12-16H2,1-5H3/t21-,22+/m1/s1. The molecular weight excluding hydrogens is 394 g/mol. The number of alkyl halides is 1. The summed E-state index contributed by atoms with van der Waals surface area (Å²) in [5.74, 6) is 2.37. The summed E-state index contributed by atoms with van der Waals surface area (Å²) in [6.07, 6.45) is 2.29. The van der Waals surface area contributed by atoms with Gasteiger partial charge in [-0.15, -0.1) is 11.6 Å². The Morgan fingerprint density at radius 2 is 1.83 bits per heavy atom. The largest absolute Gasteiger partial charge is 0.488 e. The quantitative estimate of drug-likeness (QED) is 0.534. The van der Waals surface area contributed by atoms with E-state index in [-0.39, 0.29) is 11.0 Å². The van der Waals surface area contributed by atoms with Crippen LogP contribution in [0, 0.1) is 20.8 Å². The molecule has 2 atom stereocenters. The first-order valence-electron chi connectivity index (χ1n) is 11.1. The molecule has 0 N–H and O–H groups in total. The molecule has 0 spiro atoms. The molecule has 0 bridgehead atoms. The number of rotatable bonds is 5. The maximum Gasteiger partial charge on any atom is 0.127 e. The number of ether oxygens (including phenoxy) is 2. The number of likely N-dealkylation sites (tertiary alicyclic amines) is 1. The lowest BCUT2D eigenvalue weighted by Gasteiger charge is -2.35. The predicted octanol–water partition coefficient (Wildman–Crippen LogP) is 6.15. The fourth-order valence-corrected chi connectivity index (χ4v) is 5.38. The summed E-state index contributed by atoms with van der Waals surface area (Å²) in [6, 6.07) is 10.4. The zero-order valence-corrected chi connectivity index (χ0v) is 19.7. The van der Waals surface area contributed by atoms with Gasteiger partial charge in [0, 0.05) is 29.9 Å². The molecule has 0 aliphatic carbocycles. The molecule has 162 valence electrons. The molecule has 4 heteroatoms. The van der Waals surface area contributed by atoms with Crippen LogP contribution < -0.4 is 9.47 Å². The van der Waals surface area contributed by atoms with Gasteiger partial charge >= 0.3 is 0 Å². The summed E-state index contributed by atoms with van der Waals surface area (Å²) >= 11 is 6.48. The van der Waals surface area contributed by atoms with E-state index in [1.807, 2.05) is 6.07 Å². The van der Waals surface area contributed by atoms with Crippen molar-refractivity contribution in [3.8, 4) is 11.5 Å². The van der Waals surface area contributed by atoms with E-state index >= 15 is 0 Å². The molecule has 1 fully saturated rings. The third-order valence-electron chi connectivity index (χ3n) is 6.90. The molecule has 1 saturated heterocycles. The van der Waals surface area contributed by atoms with E-state index in [1.54, 1.807) is 0 Å². The molecule has 30 heavy (non-hydrogen) atoms. The van der Waals surface area contributed by atoms with Crippen LogP contribution in [0.3, 0.4) is 0 Å². The molecule has 0 unspecified atom stereocenters. The highest BCUT2D eigenvalue weighted by Gasteiger charge is 2.45. The van der Waals surface area contributed by atoms with Crippen molar-refractivity contribution in [1.82, 2.24) is 4.90 Å². The van der Waals surface area contributed by atoms with E-state index in [0.717, 1.165) is 37.6 Å². The van der Waals surface area contributed by atoms with Gasteiger partial charge in [0.2, 0.25) is 0 Å². The third kappa shape index (κ3) is 4.07. The average Bonchev–Trinajstić information content (AvgIpc) is 2.98. The topological polar surface area (TPSA) is 21.7 Å². The highest BCUT2D eigenvalue weighted by molar-refractivity contribution is 6.20. The second-order valence-electron chi connectivity index (χ2n) is 9.48. The minimum Gasteiger partial charge on any atom is -0.488 e. The second-order valence-corrected chi connectivity index (χ2v) is 10.1. The summed E-state index contributed by atoms with van der Waals surface area (Å²) in [5.41, 5.74) is 5.85. The highest BCUT2D eigenvalue weighted by Crippen LogP contribution is 2.52. The molecular formula is C26H34ClNO2. The van der Waals surface area contributed by atoms with Crippen LogP contribution in [0.25, 0.3) is 0 Å². The molecule has 2 aliphatic heterocycles. The van der Waals surface area contributed by atoms with Crippen LogP contribution in [-0.2, 0) is 6.61 Å². The third-order valence-corrected chi connectivity index (χ3v) is 7.26. The van der Waals surface area contributed by atoms with Gasteiger partial charge in [-0.2, -0.15) is 0 Å². The Hall–Kier alpha value is -1.71. The van der Waals surface area contributed by atoms with Crippen molar-refractivity contribution in [3.63, 3.8) is 0 Å². The van der Waals surface area contributed by atoms with Crippen LogP contribution >= 0.6 is 11.6 Å². The van der Waals surface area contributed by atoms with Crippen LogP contribution in [0.5, 0.6) is 11.5 Å². The smallest absolute Gasteiger partial charge is 0.127 e. The summed E-state index contributed by atoms with van der Waals surface area (Å²) in [4.78, 5) is 2.52. The Balaban J connectivity index is 1.67. The fourth-order valence-electron chi connectivity index (χ4n) is 5.03. The Morgan fingerprint density at radius 3 is 2.53 bits per heavy atom. The Bertz CT molecular complexity index is 909. The van der Waals surface area contributed by atoms with Gasteiger partial charge < -0.3 is 14.4 Å². The molecule has 3 nitrogen and oxygen atoms in total. The number of hydrogen-bond acceptors (Lipinski definition) is 3. The number of hydrogen-bond donors (Lipinski definition) is 0. The molecule has 0 amide bonds. The molecule has 2 aromatic rings. The summed E-state index contributed by atoms with van der Waals surface area (Å²) < 4.78 is 13.0. The van der Waals surface area contributed by atoms with Gasteiger partial charge in [-0.3, -0.25) is 0 Å². The van der Waals surface area contributed by atoms with Crippen molar-refractivity contribution in [2.45, 2.75) is 71.0 Å². The predicted molar refractivity (Wildman–Crippen MR) is 124 cm³/mol. The van der Waals surface area contributed by atoms with E-state index in [0.29, 0.717) is 12.5 Å². The zero-order chi connectivity index (χ0) is 21.5. The van der Waals surface area contributed by atoms with E-state index < -0.39 is 0 Å². The molecule has 4 rings (SSSR count). The summed E-state index contributed by atoms with van der Waals surface area (Å²) in [7, 11) is 0. The van der Waals surface area contributed by atoms with Gasteiger partial charge in [0.15, 0.2) is 0 Å². The maximum absolute atomic E-state index is 6.57. The van der Waals surface area contributed by atoms with Gasteiger partial charge in [0.05, 0.1) is 0 Å². The Kier molecular flexibility index (Phi) is 6.05. The first kappa shape index (κ1) is 21.5. The summed E-state index contributed by atoms with van der Waals surface area (Å²) in [5, 5.41) is 0.259. The fraction of sp³-hybridized carbons (Fsp3) is 0.538. The van der Waals surface area contributed by atoms with Gasteiger partial charge in [-0.25, -0.2) is 0 Å². The van der Waals surface area contributed by atoms with E-state index in [1.165, 1.54) is 34.2 Å². The second kappa shape index (κ2) is 8.43. The summed E-state index contributed by atoms with van der Waals surface area (Å²) in [6.45, 7) is 14.6. The molecule has 2 heterocycles. The van der Waals surface area contributed by atoms with Gasteiger partial charge in [0.25, 0.3) is 0 Å². The lowest BCUT2D eigenvalue weighted by molar-refractivity contribution is 0.0846. The zero-order valence-electron chi connectivity index (χ0n) is 18.9. The van der Waals surface area contributed by atoms with Gasteiger partial charge in [0.1, 0.15) is 23.7 Å². The number of nitrogens with zero attached hydrogens (tertiary/aromatic N) is 1. The molecule has 0 radical (unpaired) electrons. The van der Waals surface area contributed by atoms with Crippen LogP contribution in [0.15, 0.2) is 30.3 Å². The molecule has 2 aliphatic rings. The first-order valence-corrected chi connectivity index (χ1v) is 11.6. The van der Waals surface area contributed by atoms with E-state index in [4.69, 9.17) is 21.1 Å². The molecule has 2 aromatic carbocycles. The van der Waals surface area contributed by atoms with Crippen molar-refractivity contribution in [3.05, 3.63) is 58.1 Å². The Morgan fingerprint density at radius 1 is 1.10 bits per heavy atom. The highest BCUT2D eigenvalue weighted by atomic mass is 35.5. The minimum atomic E-state index is -0.248. The molecule has 0 aromatic heterocycles. The van der Waals surface area contributed by atoms with Crippen molar-refractivity contribution in [2.24, 2.45) is 0 Å². The average molecular weight is 428 g/mol. The van der Waals surface area contributed by atoms with Crippen LogP contribution in [-0.4, -0.2) is 35.5 Å². The first-order chi connectivity index (χ1) is 14.3. The van der Waals surface area contributed by atoms with Gasteiger partial charge in [-0.05, 0) is 76.3 Å². The number of piperidine rings is 1. The SMILES string of the molecule is Cc1c(C)c2c(c(C)c1OCc1ccccc1)[C@H](CN1CCC[C@@H](Cl)C1)C(C)(C)O2. The maximum atomic E-state index is 6.57. The van der Waals surface area contributed by atoms with Gasteiger partial charge in [-0.1, -0.05) is 30.3 Å². The number of benzene rings is 2. The van der Waals surface area contributed by atoms with Crippen LogP contribution in [0.1, 0.15) is 60.4 Å². The lowest BCUT2D eigenvalue weighted by atomic mass is 9.82. The van der Waals surface area contributed by atoms with Crippen molar-refractivity contribution >= 4 is 11.6 Å². The van der Waals surface area contributed by atoms with Crippen LogP contribution in [0.2, 0.25) is 0 Å².